The Labute approximate surface area is 241 Å². The molecule has 0 unspecified atom stereocenters. The van der Waals surface area contributed by atoms with Gasteiger partial charge in [-0.15, -0.1) is 0 Å². The average molecular weight is 620 g/mol. The van der Waals surface area contributed by atoms with Gasteiger partial charge in [0.05, 0.1) is 16.3 Å². The van der Waals surface area contributed by atoms with Gasteiger partial charge >= 0.3 is 0 Å². The molecule has 0 spiro atoms. The number of aryl methyl sites for hydroxylation is 1. The molecule has 204 valence electrons. The molecule has 0 radical (unpaired) electrons. The molecule has 0 aromatic heterocycles. The van der Waals surface area contributed by atoms with Crippen LogP contribution in [-0.2, 0) is 14.8 Å². The van der Waals surface area contributed by atoms with Gasteiger partial charge in [-0.1, -0.05) is 70.0 Å². The number of rotatable bonds is 9. The van der Waals surface area contributed by atoms with E-state index in [1.54, 1.807) is 91.9 Å². The van der Waals surface area contributed by atoms with Gasteiger partial charge in [0.25, 0.3) is 21.8 Å². The Hall–Kier alpha value is -4.28. The van der Waals surface area contributed by atoms with Crippen LogP contribution in [0.5, 0.6) is 0 Å². The molecule has 0 fully saturated rings. The first-order valence-corrected chi connectivity index (χ1v) is 14.5. The van der Waals surface area contributed by atoms with Gasteiger partial charge in [-0.25, -0.2) is 13.8 Å². The van der Waals surface area contributed by atoms with E-state index in [1.807, 2.05) is 13.0 Å². The maximum Gasteiger partial charge on any atom is 0.264 e. The summed E-state index contributed by atoms with van der Waals surface area (Å²) in [4.78, 5) is 25.3. The fourth-order valence-electron chi connectivity index (χ4n) is 3.75. The molecule has 10 heteroatoms. The number of hydrogen-bond acceptors (Lipinski definition) is 5. The molecule has 0 atom stereocenters. The van der Waals surface area contributed by atoms with Crippen molar-refractivity contribution in [2.75, 3.05) is 16.2 Å². The van der Waals surface area contributed by atoms with Crippen LogP contribution in [0, 0.1) is 6.92 Å². The van der Waals surface area contributed by atoms with Crippen molar-refractivity contribution in [1.82, 2.24) is 5.43 Å². The van der Waals surface area contributed by atoms with Gasteiger partial charge < -0.3 is 5.32 Å². The van der Waals surface area contributed by atoms with Crippen LogP contribution in [0.3, 0.4) is 0 Å². The Morgan fingerprint density at radius 2 is 1.52 bits per heavy atom. The first-order chi connectivity index (χ1) is 19.1. The third-order valence-corrected chi connectivity index (χ3v) is 8.22. The van der Waals surface area contributed by atoms with Gasteiger partial charge in [0.15, 0.2) is 0 Å². The summed E-state index contributed by atoms with van der Waals surface area (Å²) in [6.45, 7) is 3.10. The van der Waals surface area contributed by atoms with Gasteiger partial charge in [0, 0.05) is 15.7 Å². The molecule has 4 rings (SSSR count). The highest BCUT2D eigenvalue weighted by Crippen LogP contribution is 2.26. The van der Waals surface area contributed by atoms with Crippen molar-refractivity contribution in [1.29, 1.82) is 0 Å². The molecule has 0 bridgehead atoms. The number of hydrazone groups is 1. The highest BCUT2D eigenvalue weighted by atomic mass is 79.9. The van der Waals surface area contributed by atoms with Crippen LogP contribution >= 0.6 is 15.9 Å². The Kier molecular flexibility index (Phi) is 9.13. The first-order valence-electron chi connectivity index (χ1n) is 12.3. The molecular formula is C30H27BrN4O4S. The van der Waals surface area contributed by atoms with Crippen molar-refractivity contribution in [3.8, 4) is 0 Å². The summed E-state index contributed by atoms with van der Waals surface area (Å²) in [5.41, 5.74) is 6.09. The van der Waals surface area contributed by atoms with E-state index in [4.69, 9.17) is 0 Å². The van der Waals surface area contributed by atoms with E-state index in [2.05, 4.69) is 31.8 Å². The summed E-state index contributed by atoms with van der Waals surface area (Å²) in [5.74, 6) is -0.830. The van der Waals surface area contributed by atoms with Crippen molar-refractivity contribution in [3.05, 3.63) is 124 Å². The molecule has 0 saturated heterocycles. The lowest BCUT2D eigenvalue weighted by Gasteiger charge is -2.24. The number of carbonyl (C=O) groups is 2. The van der Waals surface area contributed by atoms with Crippen LogP contribution < -0.4 is 15.0 Å². The largest absolute Gasteiger partial charge is 0.322 e. The zero-order chi connectivity index (χ0) is 28.7. The molecule has 2 N–H and O–H groups in total. The third kappa shape index (κ3) is 7.22. The van der Waals surface area contributed by atoms with Crippen LogP contribution in [0.1, 0.15) is 28.4 Å². The Morgan fingerprint density at radius 1 is 0.850 bits per heavy atom. The second-order valence-corrected chi connectivity index (χ2v) is 11.7. The summed E-state index contributed by atoms with van der Waals surface area (Å²) in [6, 6.07) is 29.1. The van der Waals surface area contributed by atoms with Crippen molar-refractivity contribution >= 4 is 54.9 Å². The average Bonchev–Trinajstić information content (AvgIpc) is 2.95. The van der Waals surface area contributed by atoms with E-state index in [0.29, 0.717) is 32.7 Å². The second-order valence-electron chi connectivity index (χ2n) is 8.93. The zero-order valence-corrected chi connectivity index (χ0v) is 24.2. The van der Waals surface area contributed by atoms with E-state index in [0.717, 1.165) is 9.87 Å². The standard InChI is InChI=1S/C30H27BrN4O4S/c1-21-11-17-28(18-12-21)40(38,39)35(27-10-6-9-25(31)19-27)20-29(36)34-33-22(2)23-13-15-26(16-14-23)32-30(37)24-7-4-3-5-8-24/h3-19H,20H2,1-2H3,(H,32,37)(H,34,36)/b33-22-. The molecular weight excluding hydrogens is 592 g/mol. The van der Waals surface area contributed by atoms with Gasteiger partial charge in [0.1, 0.15) is 6.54 Å². The lowest BCUT2D eigenvalue weighted by Crippen LogP contribution is -2.39. The number of carbonyl (C=O) groups excluding carboxylic acids is 2. The lowest BCUT2D eigenvalue weighted by atomic mass is 10.1. The van der Waals surface area contributed by atoms with Crippen LogP contribution in [0.25, 0.3) is 0 Å². The van der Waals surface area contributed by atoms with Crippen LogP contribution in [-0.4, -0.2) is 32.5 Å². The summed E-state index contributed by atoms with van der Waals surface area (Å²) in [6.07, 6.45) is 0. The number of halogens is 1. The SMILES string of the molecule is C/C(=N/NC(=O)CN(c1cccc(Br)c1)S(=O)(=O)c1ccc(C)cc1)c1ccc(NC(=O)c2ccccc2)cc1. The molecule has 4 aromatic carbocycles. The minimum Gasteiger partial charge on any atom is -0.322 e. The van der Waals surface area contributed by atoms with Crippen LogP contribution in [0.2, 0.25) is 0 Å². The molecule has 0 aliphatic rings. The number of nitrogens with one attached hydrogen (secondary N) is 2. The molecule has 8 nitrogen and oxygen atoms in total. The monoisotopic (exact) mass is 618 g/mol. The number of benzene rings is 4. The van der Waals surface area contributed by atoms with E-state index in [-0.39, 0.29) is 10.8 Å². The number of hydrogen-bond donors (Lipinski definition) is 2. The van der Waals surface area contributed by atoms with E-state index in [1.165, 1.54) is 12.1 Å². The smallest absolute Gasteiger partial charge is 0.264 e. The molecule has 0 heterocycles. The van der Waals surface area contributed by atoms with Crippen molar-refractivity contribution < 1.29 is 18.0 Å². The predicted octanol–water partition coefficient (Wildman–Crippen LogP) is 5.75. The Bertz CT molecular complexity index is 1640. The van der Waals surface area contributed by atoms with Gasteiger partial charge in [-0.3, -0.25) is 13.9 Å². The van der Waals surface area contributed by atoms with Gasteiger partial charge in [0.2, 0.25) is 0 Å². The van der Waals surface area contributed by atoms with Crippen molar-refractivity contribution in [3.63, 3.8) is 0 Å². The fourth-order valence-corrected chi connectivity index (χ4v) is 5.55. The minimum atomic E-state index is -4.04. The normalized spacial score (nSPS) is 11.5. The number of sulfonamides is 1. The molecule has 0 aliphatic carbocycles. The molecule has 0 aliphatic heterocycles. The summed E-state index contributed by atoms with van der Waals surface area (Å²) >= 11 is 3.37. The maximum absolute atomic E-state index is 13.5. The number of anilines is 2. The highest BCUT2D eigenvalue weighted by molar-refractivity contribution is 9.10. The molecule has 0 saturated carbocycles. The van der Waals surface area contributed by atoms with E-state index >= 15 is 0 Å². The summed E-state index contributed by atoms with van der Waals surface area (Å²) in [7, 11) is -4.04. The molecule has 4 aromatic rings. The Balaban J connectivity index is 1.47. The van der Waals surface area contributed by atoms with Gasteiger partial charge in [-0.2, -0.15) is 5.10 Å². The van der Waals surface area contributed by atoms with Crippen molar-refractivity contribution in [2.24, 2.45) is 5.10 Å². The number of nitrogens with zero attached hydrogens (tertiary/aromatic N) is 2. The molecule has 2 amide bonds. The predicted molar refractivity (Wildman–Crippen MR) is 161 cm³/mol. The minimum absolute atomic E-state index is 0.0741. The van der Waals surface area contributed by atoms with Crippen molar-refractivity contribution in [2.45, 2.75) is 18.7 Å². The first kappa shape index (κ1) is 28.7. The lowest BCUT2D eigenvalue weighted by molar-refractivity contribution is -0.119. The second kappa shape index (κ2) is 12.7. The fraction of sp³-hybridized carbons (Fsp3) is 0.100. The van der Waals surface area contributed by atoms with E-state index in [9.17, 15) is 18.0 Å². The summed E-state index contributed by atoms with van der Waals surface area (Å²) < 4.78 is 28.7. The Morgan fingerprint density at radius 3 is 2.17 bits per heavy atom. The number of amides is 2. The third-order valence-electron chi connectivity index (χ3n) is 5.94. The topological polar surface area (TPSA) is 108 Å². The molecule has 40 heavy (non-hydrogen) atoms. The van der Waals surface area contributed by atoms with Crippen LogP contribution in [0.15, 0.2) is 118 Å². The van der Waals surface area contributed by atoms with E-state index < -0.39 is 22.5 Å². The summed E-state index contributed by atoms with van der Waals surface area (Å²) in [5, 5.41) is 6.99. The quantitative estimate of drug-likeness (QED) is 0.184. The maximum atomic E-state index is 13.5. The van der Waals surface area contributed by atoms with Crippen LogP contribution in [0.4, 0.5) is 11.4 Å². The highest BCUT2D eigenvalue weighted by Gasteiger charge is 2.27. The van der Waals surface area contributed by atoms with Gasteiger partial charge in [-0.05, 0) is 74.0 Å². The zero-order valence-electron chi connectivity index (χ0n) is 21.8.